The van der Waals surface area contributed by atoms with Crippen molar-refractivity contribution in [2.75, 3.05) is 11.5 Å². The number of nitrogen functional groups attached to an aromatic ring is 2. The molecule has 0 aliphatic rings. The van der Waals surface area contributed by atoms with Gasteiger partial charge in [-0.25, -0.2) is 4.79 Å². The molecule has 8 nitrogen and oxygen atoms in total. The van der Waals surface area contributed by atoms with Crippen molar-refractivity contribution >= 4 is 17.9 Å². The largest absolute Gasteiger partial charge is 0.489 e. The number of carbonyl (C=O) groups is 1. The highest BCUT2D eigenvalue weighted by Crippen LogP contribution is 2.16. The molecule has 3 rings (SSSR count). The lowest BCUT2D eigenvalue weighted by atomic mass is 10.1. The van der Waals surface area contributed by atoms with E-state index in [1.54, 1.807) is 18.2 Å². The molecule has 1 aromatic heterocycles. The van der Waals surface area contributed by atoms with E-state index in [0.717, 1.165) is 0 Å². The minimum absolute atomic E-state index is 0.0276. The van der Waals surface area contributed by atoms with Crippen LogP contribution in [0.5, 0.6) is 5.75 Å². The molecule has 0 spiro atoms. The Hall–Kier alpha value is -3.68. The number of rotatable bonds is 6. The molecule has 4 N–H and O–H groups in total. The third-order valence-corrected chi connectivity index (χ3v) is 3.42. The van der Waals surface area contributed by atoms with Gasteiger partial charge in [-0.05, 0) is 18.2 Å². The highest BCUT2D eigenvalue weighted by molar-refractivity contribution is 5.91. The average molecular weight is 351 g/mol. The minimum atomic E-state index is -0.519. The second kappa shape index (κ2) is 7.93. The third kappa shape index (κ3) is 4.44. The summed E-state index contributed by atoms with van der Waals surface area (Å²) in [5.74, 6) is 0.323. The van der Waals surface area contributed by atoms with Gasteiger partial charge in [-0.3, -0.25) is 0 Å². The monoisotopic (exact) mass is 351 g/mol. The predicted molar refractivity (Wildman–Crippen MR) is 95.0 cm³/mol. The molecule has 132 valence electrons. The van der Waals surface area contributed by atoms with Gasteiger partial charge < -0.3 is 20.9 Å². The summed E-state index contributed by atoms with van der Waals surface area (Å²) in [4.78, 5) is 23.8. The molecule has 0 unspecified atom stereocenters. The number of nitrogens with two attached hydrogens (primary N) is 2. The van der Waals surface area contributed by atoms with Crippen LogP contribution in [-0.2, 0) is 18.0 Å². The van der Waals surface area contributed by atoms with Crippen LogP contribution in [0.4, 0.5) is 11.9 Å². The van der Waals surface area contributed by atoms with Gasteiger partial charge >= 0.3 is 5.97 Å². The first kappa shape index (κ1) is 17.2. The average Bonchev–Trinajstić information content (AvgIpc) is 2.65. The molecule has 0 fully saturated rings. The lowest BCUT2D eigenvalue weighted by Crippen LogP contribution is -2.13. The van der Waals surface area contributed by atoms with Gasteiger partial charge in [-0.1, -0.05) is 36.4 Å². The normalized spacial score (nSPS) is 10.3. The zero-order valence-corrected chi connectivity index (χ0v) is 13.8. The van der Waals surface area contributed by atoms with Crippen LogP contribution in [0.2, 0.25) is 0 Å². The molecule has 0 aliphatic heterocycles. The number of anilines is 2. The molecule has 1 heterocycles. The molecule has 3 aromatic rings. The van der Waals surface area contributed by atoms with Crippen molar-refractivity contribution in [1.29, 1.82) is 0 Å². The molecule has 8 heteroatoms. The Morgan fingerprint density at radius 2 is 1.50 bits per heavy atom. The number of hydrogen-bond donors (Lipinski definition) is 2. The Labute approximate surface area is 149 Å². The highest BCUT2D eigenvalue weighted by Gasteiger charge is 2.14. The van der Waals surface area contributed by atoms with E-state index in [0.29, 0.717) is 16.9 Å². The fraction of sp³-hybridized carbons (Fsp3) is 0.111. The van der Waals surface area contributed by atoms with E-state index in [2.05, 4.69) is 15.0 Å². The maximum atomic E-state index is 12.4. The number of esters is 1. The fourth-order valence-electron chi connectivity index (χ4n) is 2.25. The lowest BCUT2D eigenvalue weighted by molar-refractivity contribution is 0.0459. The lowest BCUT2D eigenvalue weighted by Gasteiger charge is -2.11. The van der Waals surface area contributed by atoms with Gasteiger partial charge in [0.1, 0.15) is 12.4 Å². The Kier molecular flexibility index (Phi) is 5.23. The van der Waals surface area contributed by atoms with E-state index >= 15 is 0 Å². The SMILES string of the molecule is Nc1nc(N)nc(COC(=O)c2ccccc2COc2ccccc2)n1. The van der Waals surface area contributed by atoms with Crippen LogP contribution in [0.3, 0.4) is 0 Å². The molecule has 0 saturated heterocycles. The van der Waals surface area contributed by atoms with E-state index in [-0.39, 0.29) is 30.9 Å². The first-order valence-electron chi connectivity index (χ1n) is 7.80. The Balaban J connectivity index is 1.67. The van der Waals surface area contributed by atoms with Crippen LogP contribution in [0.15, 0.2) is 54.6 Å². The second-order valence-electron chi connectivity index (χ2n) is 5.30. The summed E-state index contributed by atoms with van der Waals surface area (Å²) >= 11 is 0. The fourth-order valence-corrected chi connectivity index (χ4v) is 2.25. The first-order valence-corrected chi connectivity index (χ1v) is 7.80. The van der Waals surface area contributed by atoms with Gasteiger partial charge in [-0.15, -0.1) is 0 Å². The zero-order chi connectivity index (χ0) is 18.4. The van der Waals surface area contributed by atoms with E-state index < -0.39 is 5.97 Å². The molecule has 0 saturated carbocycles. The van der Waals surface area contributed by atoms with Crippen molar-refractivity contribution in [2.45, 2.75) is 13.2 Å². The number of nitrogens with zero attached hydrogens (tertiary/aromatic N) is 3. The summed E-state index contributed by atoms with van der Waals surface area (Å²) in [6.45, 7) is 0.0740. The second-order valence-corrected chi connectivity index (χ2v) is 5.30. The Morgan fingerprint density at radius 1 is 0.846 bits per heavy atom. The van der Waals surface area contributed by atoms with Crippen molar-refractivity contribution in [1.82, 2.24) is 15.0 Å². The highest BCUT2D eigenvalue weighted by atomic mass is 16.5. The molecule has 0 amide bonds. The van der Waals surface area contributed by atoms with Gasteiger partial charge in [0, 0.05) is 5.56 Å². The van der Waals surface area contributed by atoms with Crippen LogP contribution < -0.4 is 16.2 Å². The van der Waals surface area contributed by atoms with Crippen LogP contribution in [-0.4, -0.2) is 20.9 Å². The molecular formula is C18H17N5O3. The maximum absolute atomic E-state index is 12.4. The third-order valence-electron chi connectivity index (χ3n) is 3.42. The van der Waals surface area contributed by atoms with Crippen LogP contribution in [0.25, 0.3) is 0 Å². The van der Waals surface area contributed by atoms with Gasteiger partial charge in [-0.2, -0.15) is 15.0 Å². The number of para-hydroxylation sites is 1. The molecule has 2 aromatic carbocycles. The van der Waals surface area contributed by atoms with Gasteiger partial charge in [0.15, 0.2) is 12.4 Å². The van der Waals surface area contributed by atoms with E-state index in [9.17, 15) is 4.79 Å². The van der Waals surface area contributed by atoms with Crippen molar-refractivity contribution in [2.24, 2.45) is 0 Å². The summed E-state index contributed by atoms with van der Waals surface area (Å²) in [6.07, 6.45) is 0. The number of benzene rings is 2. The molecule has 0 bridgehead atoms. The number of aromatic nitrogens is 3. The van der Waals surface area contributed by atoms with Crippen molar-refractivity contribution in [3.63, 3.8) is 0 Å². The quantitative estimate of drug-likeness (QED) is 0.645. The number of hydrogen-bond acceptors (Lipinski definition) is 8. The van der Waals surface area contributed by atoms with Gasteiger partial charge in [0.2, 0.25) is 11.9 Å². The van der Waals surface area contributed by atoms with E-state index in [4.69, 9.17) is 20.9 Å². The topological polar surface area (TPSA) is 126 Å². The summed E-state index contributed by atoms with van der Waals surface area (Å²) in [5, 5.41) is 0. The van der Waals surface area contributed by atoms with Crippen LogP contribution in [0.1, 0.15) is 21.7 Å². The zero-order valence-electron chi connectivity index (χ0n) is 13.8. The molecule has 0 atom stereocenters. The van der Waals surface area contributed by atoms with Crippen LogP contribution >= 0.6 is 0 Å². The first-order chi connectivity index (χ1) is 12.6. The van der Waals surface area contributed by atoms with E-state index in [1.165, 1.54) is 0 Å². The Bertz CT molecular complexity index is 882. The summed E-state index contributed by atoms with van der Waals surface area (Å²) in [5.41, 5.74) is 12.1. The summed E-state index contributed by atoms with van der Waals surface area (Å²) in [6, 6.07) is 16.4. The van der Waals surface area contributed by atoms with Crippen molar-refractivity contribution < 1.29 is 14.3 Å². The van der Waals surface area contributed by atoms with Crippen molar-refractivity contribution in [3.05, 3.63) is 71.5 Å². The predicted octanol–water partition coefficient (Wildman–Crippen LogP) is 1.97. The molecular weight excluding hydrogens is 334 g/mol. The van der Waals surface area contributed by atoms with Crippen molar-refractivity contribution in [3.8, 4) is 5.75 Å². The minimum Gasteiger partial charge on any atom is -0.489 e. The summed E-state index contributed by atoms with van der Waals surface area (Å²) in [7, 11) is 0. The standard InChI is InChI=1S/C18H17N5O3/c19-17-21-15(22-18(20)23-17)11-26-16(24)14-9-5-4-6-12(14)10-25-13-7-2-1-3-8-13/h1-9H,10-11H2,(H4,19,20,21,22,23). The van der Waals surface area contributed by atoms with E-state index in [1.807, 2.05) is 36.4 Å². The Morgan fingerprint density at radius 3 is 2.23 bits per heavy atom. The summed E-state index contributed by atoms with van der Waals surface area (Å²) < 4.78 is 11.0. The number of carbonyl (C=O) groups excluding carboxylic acids is 1. The maximum Gasteiger partial charge on any atom is 0.338 e. The van der Waals surface area contributed by atoms with Crippen LogP contribution in [0, 0.1) is 0 Å². The molecule has 26 heavy (non-hydrogen) atoms. The molecule has 0 radical (unpaired) electrons. The smallest absolute Gasteiger partial charge is 0.338 e. The van der Waals surface area contributed by atoms with Gasteiger partial charge in [0.25, 0.3) is 0 Å². The molecule has 0 aliphatic carbocycles. The van der Waals surface area contributed by atoms with Gasteiger partial charge in [0.05, 0.1) is 5.56 Å². The number of ether oxygens (including phenoxy) is 2.